The SMILES string of the molecule is O=C(Cc1ccc(N(Cc2ccc(F)cc2)C(=O)c2ccco2)cc1)NCc1cccnc1. The molecule has 4 aromatic rings. The van der Waals surface area contributed by atoms with Gasteiger partial charge >= 0.3 is 0 Å². The second-order valence-corrected chi connectivity index (χ2v) is 7.48. The number of carbonyl (C=O) groups excluding carboxylic acids is 2. The van der Waals surface area contributed by atoms with Gasteiger partial charge in [-0.25, -0.2) is 4.39 Å². The summed E-state index contributed by atoms with van der Waals surface area (Å²) in [4.78, 5) is 30.9. The highest BCUT2D eigenvalue weighted by molar-refractivity contribution is 6.04. The molecule has 0 spiro atoms. The highest BCUT2D eigenvalue weighted by Gasteiger charge is 2.20. The van der Waals surface area contributed by atoms with Gasteiger partial charge in [-0.2, -0.15) is 0 Å². The maximum Gasteiger partial charge on any atom is 0.294 e. The molecule has 0 bridgehead atoms. The van der Waals surface area contributed by atoms with E-state index < -0.39 is 0 Å². The van der Waals surface area contributed by atoms with Gasteiger partial charge in [-0.15, -0.1) is 0 Å². The lowest BCUT2D eigenvalue weighted by Crippen LogP contribution is -2.30. The van der Waals surface area contributed by atoms with Gasteiger partial charge in [0, 0.05) is 24.6 Å². The minimum Gasteiger partial charge on any atom is -0.459 e. The van der Waals surface area contributed by atoms with Crippen molar-refractivity contribution in [1.29, 1.82) is 0 Å². The summed E-state index contributed by atoms with van der Waals surface area (Å²) >= 11 is 0. The maximum atomic E-state index is 13.3. The van der Waals surface area contributed by atoms with Crippen molar-refractivity contribution in [3.63, 3.8) is 0 Å². The van der Waals surface area contributed by atoms with E-state index in [1.165, 1.54) is 18.4 Å². The van der Waals surface area contributed by atoms with E-state index in [4.69, 9.17) is 4.42 Å². The Labute approximate surface area is 190 Å². The lowest BCUT2D eigenvalue weighted by atomic mass is 10.1. The number of amides is 2. The van der Waals surface area contributed by atoms with Gasteiger partial charge in [0.05, 0.1) is 19.2 Å². The molecule has 0 aliphatic rings. The van der Waals surface area contributed by atoms with Crippen LogP contribution in [0.4, 0.5) is 10.1 Å². The number of nitrogens with one attached hydrogen (secondary N) is 1. The van der Waals surface area contributed by atoms with Crippen LogP contribution < -0.4 is 10.2 Å². The smallest absolute Gasteiger partial charge is 0.294 e. The molecule has 0 saturated heterocycles. The molecule has 0 fully saturated rings. The highest BCUT2D eigenvalue weighted by Crippen LogP contribution is 2.22. The summed E-state index contributed by atoms with van der Waals surface area (Å²) in [5.41, 5.74) is 3.15. The van der Waals surface area contributed by atoms with Gasteiger partial charge in [-0.05, 0) is 59.2 Å². The molecule has 2 aromatic heterocycles. The fourth-order valence-electron chi connectivity index (χ4n) is 3.33. The van der Waals surface area contributed by atoms with E-state index >= 15 is 0 Å². The molecule has 0 aliphatic carbocycles. The molecule has 0 unspecified atom stereocenters. The lowest BCUT2D eigenvalue weighted by Gasteiger charge is -2.22. The first-order valence-electron chi connectivity index (χ1n) is 10.4. The average molecular weight is 443 g/mol. The molecule has 33 heavy (non-hydrogen) atoms. The van der Waals surface area contributed by atoms with Gasteiger partial charge in [-0.1, -0.05) is 30.3 Å². The molecule has 0 atom stereocenters. The predicted molar refractivity (Wildman–Crippen MR) is 122 cm³/mol. The predicted octanol–water partition coefficient (Wildman–Crippen LogP) is 4.52. The fraction of sp³-hybridized carbons (Fsp3) is 0.115. The monoisotopic (exact) mass is 443 g/mol. The number of anilines is 1. The Morgan fingerprint density at radius 2 is 1.67 bits per heavy atom. The summed E-state index contributed by atoms with van der Waals surface area (Å²) in [6, 6.07) is 20.2. The molecule has 2 heterocycles. The number of halogens is 1. The topological polar surface area (TPSA) is 75.4 Å². The van der Waals surface area contributed by atoms with E-state index in [1.807, 2.05) is 24.3 Å². The summed E-state index contributed by atoms with van der Waals surface area (Å²) in [5.74, 6) is -0.558. The summed E-state index contributed by atoms with van der Waals surface area (Å²) < 4.78 is 18.6. The van der Waals surface area contributed by atoms with Crippen LogP contribution in [0.2, 0.25) is 0 Å². The van der Waals surface area contributed by atoms with Crippen LogP contribution in [-0.4, -0.2) is 16.8 Å². The zero-order chi connectivity index (χ0) is 23.0. The second-order valence-electron chi connectivity index (χ2n) is 7.48. The molecule has 0 saturated carbocycles. The number of furan rings is 1. The average Bonchev–Trinajstić information content (AvgIpc) is 3.38. The molecular formula is C26H22FN3O3. The van der Waals surface area contributed by atoms with Gasteiger partial charge in [0.2, 0.25) is 5.91 Å². The summed E-state index contributed by atoms with van der Waals surface area (Å²) in [6.45, 7) is 0.651. The number of benzene rings is 2. The van der Waals surface area contributed by atoms with E-state index in [2.05, 4.69) is 10.3 Å². The molecular weight excluding hydrogens is 421 g/mol. The van der Waals surface area contributed by atoms with E-state index in [9.17, 15) is 14.0 Å². The van der Waals surface area contributed by atoms with Crippen molar-refractivity contribution in [1.82, 2.24) is 10.3 Å². The zero-order valence-corrected chi connectivity index (χ0v) is 17.8. The quantitative estimate of drug-likeness (QED) is 0.435. The highest BCUT2D eigenvalue weighted by atomic mass is 19.1. The normalized spacial score (nSPS) is 10.6. The Balaban J connectivity index is 1.46. The van der Waals surface area contributed by atoms with Crippen LogP contribution >= 0.6 is 0 Å². The van der Waals surface area contributed by atoms with Crippen molar-refractivity contribution < 1.29 is 18.4 Å². The number of hydrogen-bond donors (Lipinski definition) is 1. The Bertz CT molecular complexity index is 1190. The van der Waals surface area contributed by atoms with Gasteiger partial charge < -0.3 is 14.6 Å². The Kier molecular flexibility index (Phi) is 6.90. The number of aromatic nitrogens is 1. The van der Waals surface area contributed by atoms with Crippen LogP contribution in [0.5, 0.6) is 0 Å². The third-order valence-corrected chi connectivity index (χ3v) is 5.06. The molecule has 7 heteroatoms. The number of pyridine rings is 1. The van der Waals surface area contributed by atoms with Crippen molar-refractivity contribution >= 4 is 17.5 Å². The minimum atomic E-state index is -0.339. The van der Waals surface area contributed by atoms with Crippen molar-refractivity contribution in [2.45, 2.75) is 19.5 Å². The van der Waals surface area contributed by atoms with Crippen molar-refractivity contribution in [3.8, 4) is 0 Å². The number of carbonyl (C=O) groups is 2. The molecule has 2 aromatic carbocycles. The second kappa shape index (κ2) is 10.4. The van der Waals surface area contributed by atoms with Gasteiger partial charge in [0.1, 0.15) is 5.82 Å². The van der Waals surface area contributed by atoms with Crippen LogP contribution in [0.3, 0.4) is 0 Å². The van der Waals surface area contributed by atoms with Gasteiger partial charge in [0.25, 0.3) is 5.91 Å². The third kappa shape index (κ3) is 5.92. The Hall–Kier alpha value is -4.26. The van der Waals surface area contributed by atoms with E-state index in [-0.39, 0.29) is 36.4 Å². The number of rotatable bonds is 8. The van der Waals surface area contributed by atoms with Crippen molar-refractivity contribution in [2.24, 2.45) is 0 Å². The zero-order valence-electron chi connectivity index (χ0n) is 17.8. The summed E-state index contributed by atoms with van der Waals surface area (Å²) in [7, 11) is 0. The molecule has 1 N–H and O–H groups in total. The van der Waals surface area contributed by atoms with Crippen LogP contribution in [0.25, 0.3) is 0 Å². The summed E-state index contributed by atoms with van der Waals surface area (Å²) in [6.07, 6.45) is 5.05. The molecule has 0 aliphatic heterocycles. The van der Waals surface area contributed by atoms with E-state index in [0.29, 0.717) is 12.2 Å². The molecule has 166 valence electrons. The van der Waals surface area contributed by atoms with Crippen LogP contribution in [0.15, 0.2) is 95.9 Å². The fourth-order valence-corrected chi connectivity index (χ4v) is 3.33. The molecule has 2 amide bonds. The lowest BCUT2D eigenvalue weighted by molar-refractivity contribution is -0.120. The minimum absolute atomic E-state index is 0.110. The van der Waals surface area contributed by atoms with Crippen LogP contribution in [-0.2, 0) is 24.3 Å². The van der Waals surface area contributed by atoms with E-state index in [1.54, 1.807) is 53.7 Å². The largest absolute Gasteiger partial charge is 0.459 e. The standard InChI is InChI=1S/C26H22FN3O3/c27-22-9-5-20(6-10-22)18-30(26(32)24-4-2-14-33-24)23-11-7-19(8-12-23)15-25(31)29-17-21-3-1-13-28-16-21/h1-14,16H,15,17-18H2,(H,29,31). The van der Waals surface area contributed by atoms with Crippen molar-refractivity contribution in [2.75, 3.05) is 4.90 Å². The third-order valence-electron chi connectivity index (χ3n) is 5.06. The van der Waals surface area contributed by atoms with Gasteiger partial charge in [-0.3, -0.25) is 14.6 Å². The van der Waals surface area contributed by atoms with E-state index in [0.717, 1.165) is 16.7 Å². The van der Waals surface area contributed by atoms with Crippen molar-refractivity contribution in [3.05, 3.63) is 120 Å². The maximum absolute atomic E-state index is 13.3. The number of nitrogens with zero attached hydrogens (tertiary/aromatic N) is 2. The Morgan fingerprint density at radius 3 is 2.33 bits per heavy atom. The van der Waals surface area contributed by atoms with Crippen LogP contribution in [0.1, 0.15) is 27.2 Å². The van der Waals surface area contributed by atoms with Crippen LogP contribution in [0, 0.1) is 5.82 Å². The first-order chi connectivity index (χ1) is 16.1. The number of hydrogen-bond acceptors (Lipinski definition) is 4. The first kappa shape index (κ1) is 22.0. The summed E-state index contributed by atoms with van der Waals surface area (Å²) in [5, 5.41) is 2.87. The first-order valence-corrected chi connectivity index (χ1v) is 10.4. The van der Waals surface area contributed by atoms with Gasteiger partial charge in [0.15, 0.2) is 5.76 Å². The molecule has 4 rings (SSSR count). The Morgan fingerprint density at radius 1 is 0.909 bits per heavy atom. The molecule has 0 radical (unpaired) electrons. The molecule has 6 nitrogen and oxygen atoms in total.